The second-order valence-electron chi connectivity index (χ2n) is 3.18. The van der Waals surface area contributed by atoms with E-state index in [-0.39, 0.29) is 0 Å². The van der Waals surface area contributed by atoms with E-state index in [0.717, 1.165) is 12.5 Å². The van der Waals surface area contributed by atoms with Gasteiger partial charge in [0.1, 0.15) is 5.75 Å². The minimum Gasteiger partial charge on any atom is -0.492 e. The molecule has 0 spiro atoms. The summed E-state index contributed by atoms with van der Waals surface area (Å²) < 4.78 is 5.42. The Morgan fingerprint density at radius 1 is 1.56 bits per heavy atom. The van der Waals surface area contributed by atoms with Crippen LogP contribution in [0.2, 0.25) is 5.02 Å². The lowest BCUT2D eigenvalue weighted by atomic mass is 10.2. The Hall–Kier alpha value is -1.48. The van der Waals surface area contributed by atoms with Gasteiger partial charge in [-0.15, -0.1) is 0 Å². The van der Waals surface area contributed by atoms with E-state index >= 15 is 0 Å². The molecular formula is C12H13ClO3. The number of rotatable bonds is 5. The van der Waals surface area contributed by atoms with Crippen molar-refractivity contribution in [3.63, 3.8) is 0 Å². The van der Waals surface area contributed by atoms with Gasteiger partial charge in [-0.1, -0.05) is 30.7 Å². The minimum atomic E-state index is -1.00. The summed E-state index contributed by atoms with van der Waals surface area (Å²) in [5, 5.41) is 8.95. The van der Waals surface area contributed by atoms with Crippen molar-refractivity contribution >= 4 is 23.6 Å². The monoisotopic (exact) mass is 240 g/mol. The van der Waals surface area contributed by atoms with E-state index in [0.29, 0.717) is 22.9 Å². The molecule has 1 N–H and O–H groups in total. The molecular weight excluding hydrogens is 228 g/mol. The van der Waals surface area contributed by atoms with Crippen LogP contribution >= 0.6 is 11.6 Å². The number of carbonyl (C=O) groups is 1. The summed E-state index contributed by atoms with van der Waals surface area (Å²) >= 11 is 6.06. The first-order valence-corrected chi connectivity index (χ1v) is 5.35. The van der Waals surface area contributed by atoms with Crippen LogP contribution in [0, 0.1) is 0 Å². The maximum absolute atomic E-state index is 10.4. The van der Waals surface area contributed by atoms with Gasteiger partial charge in [0, 0.05) is 6.08 Å². The van der Waals surface area contributed by atoms with Crippen LogP contribution in [0.4, 0.5) is 0 Å². The van der Waals surface area contributed by atoms with Gasteiger partial charge in [0.05, 0.1) is 11.6 Å². The molecule has 0 bridgehead atoms. The third-order valence-corrected chi connectivity index (χ3v) is 2.26. The highest BCUT2D eigenvalue weighted by Gasteiger charge is 2.04. The van der Waals surface area contributed by atoms with E-state index in [9.17, 15) is 4.79 Å². The Morgan fingerprint density at radius 2 is 2.31 bits per heavy atom. The second kappa shape index (κ2) is 6.18. The summed E-state index contributed by atoms with van der Waals surface area (Å²) in [6, 6.07) is 5.27. The lowest BCUT2D eigenvalue weighted by Crippen LogP contribution is -1.96. The number of hydrogen-bond acceptors (Lipinski definition) is 2. The predicted molar refractivity (Wildman–Crippen MR) is 63.9 cm³/mol. The molecule has 0 atom stereocenters. The Kier molecular flexibility index (Phi) is 4.86. The number of ether oxygens (including phenoxy) is 1. The van der Waals surface area contributed by atoms with Crippen LogP contribution in [-0.4, -0.2) is 17.7 Å². The van der Waals surface area contributed by atoms with Crippen molar-refractivity contribution in [1.29, 1.82) is 0 Å². The van der Waals surface area contributed by atoms with Gasteiger partial charge in [-0.2, -0.15) is 0 Å². The average molecular weight is 241 g/mol. The molecule has 16 heavy (non-hydrogen) atoms. The van der Waals surface area contributed by atoms with E-state index in [1.165, 1.54) is 6.08 Å². The molecule has 1 aromatic rings. The van der Waals surface area contributed by atoms with Crippen LogP contribution < -0.4 is 4.74 Å². The van der Waals surface area contributed by atoms with Crippen LogP contribution in [-0.2, 0) is 4.79 Å². The minimum absolute atomic E-state index is 0.438. The van der Waals surface area contributed by atoms with Crippen molar-refractivity contribution in [3.8, 4) is 5.75 Å². The summed E-state index contributed by atoms with van der Waals surface area (Å²) in [7, 11) is 0. The van der Waals surface area contributed by atoms with E-state index in [2.05, 4.69) is 0 Å². The van der Waals surface area contributed by atoms with Gasteiger partial charge in [-0.25, -0.2) is 4.79 Å². The molecule has 0 aliphatic rings. The van der Waals surface area contributed by atoms with E-state index in [4.69, 9.17) is 21.4 Å². The van der Waals surface area contributed by atoms with Gasteiger partial charge in [0.25, 0.3) is 0 Å². The highest BCUT2D eigenvalue weighted by atomic mass is 35.5. The maximum atomic E-state index is 10.4. The van der Waals surface area contributed by atoms with Crippen molar-refractivity contribution in [2.75, 3.05) is 6.61 Å². The molecule has 0 heterocycles. The predicted octanol–water partition coefficient (Wildman–Crippen LogP) is 3.23. The Morgan fingerprint density at radius 3 is 2.94 bits per heavy atom. The Labute approximate surface area is 99.3 Å². The zero-order chi connectivity index (χ0) is 12.0. The molecule has 0 aliphatic heterocycles. The molecule has 1 rings (SSSR count). The third-order valence-electron chi connectivity index (χ3n) is 1.86. The molecule has 0 radical (unpaired) electrons. The van der Waals surface area contributed by atoms with Crippen molar-refractivity contribution in [3.05, 3.63) is 34.9 Å². The van der Waals surface area contributed by atoms with Gasteiger partial charge in [0.15, 0.2) is 0 Å². The number of aliphatic carboxylic acids is 1. The third kappa shape index (κ3) is 3.59. The fraction of sp³-hybridized carbons (Fsp3) is 0.250. The second-order valence-corrected chi connectivity index (χ2v) is 3.56. The molecule has 4 heteroatoms. The highest BCUT2D eigenvalue weighted by molar-refractivity contribution is 6.33. The molecule has 0 saturated carbocycles. The molecule has 0 aliphatic carbocycles. The molecule has 0 saturated heterocycles. The van der Waals surface area contributed by atoms with Gasteiger partial charge < -0.3 is 9.84 Å². The fourth-order valence-electron chi connectivity index (χ4n) is 1.14. The largest absolute Gasteiger partial charge is 0.492 e. The summed E-state index contributed by atoms with van der Waals surface area (Å²) in [6.07, 6.45) is 3.39. The molecule has 0 fully saturated rings. The highest BCUT2D eigenvalue weighted by Crippen LogP contribution is 2.29. The van der Waals surface area contributed by atoms with Crippen molar-refractivity contribution in [2.24, 2.45) is 0 Å². The van der Waals surface area contributed by atoms with Crippen LogP contribution in [0.1, 0.15) is 18.9 Å². The first kappa shape index (κ1) is 12.6. The van der Waals surface area contributed by atoms with Crippen molar-refractivity contribution in [2.45, 2.75) is 13.3 Å². The van der Waals surface area contributed by atoms with Crippen LogP contribution in [0.25, 0.3) is 6.08 Å². The summed E-state index contributed by atoms with van der Waals surface area (Å²) in [4.78, 5) is 10.4. The van der Waals surface area contributed by atoms with E-state index in [1.807, 2.05) is 6.92 Å². The van der Waals surface area contributed by atoms with Crippen molar-refractivity contribution in [1.82, 2.24) is 0 Å². The summed E-state index contributed by atoms with van der Waals surface area (Å²) in [5.41, 5.74) is 0.637. The van der Waals surface area contributed by atoms with Gasteiger partial charge in [-0.05, 0) is 24.1 Å². The van der Waals surface area contributed by atoms with Crippen molar-refractivity contribution < 1.29 is 14.6 Å². The molecule has 86 valence electrons. The quantitative estimate of drug-likeness (QED) is 0.804. The summed E-state index contributed by atoms with van der Waals surface area (Å²) in [5.74, 6) is -0.424. The molecule has 0 unspecified atom stereocenters. The zero-order valence-corrected chi connectivity index (χ0v) is 9.70. The van der Waals surface area contributed by atoms with Crippen LogP contribution in [0.15, 0.2) is 24.3 Å². The number of carboxylic acid groups (broad SMARTS) is 1. The lowest BCUT2D eigenvalue weighted by Gasteiger charge is -2.08. The van der Waals surface area contributed by atoms with Gasteiger partial charge in [-0.3, -0.25) is 0 Å². The number of carboxylic acids is 1. The average Bonchev–Trinajstić information content (AvgIpc) is 2.26. The van der Waals surface area contributed by atoms with Crippen LogP contribution in [0.5, 0.6) is 5.75 Å². The molecule has 0 amide bonds. The fourth-order valence-corrected chi connectivity index (χ4v) is 1.38. The first-order valence-electron chi connectivity index (χ1n) is 4.97. The molecule has 0 aromatic heterocycles. The number of hydrogen-bond donors (Lipinski definition) is 1. The Balaban J connectivity index is 2.90. The van der Waals surface area contributed by atoms with E-state index < -0.39 is 5.97 Å². The van der Waals surface area contributed by atoms with Gasteiger partial charge >= 0.3 is 5.97 Å². The smallest absolute Gasteiger partial charge is 0.328 e. The zero-order valence-electron chi connectivity index (χ0n) is 8.94. The number of benzene rings is 1. The van der Waals surface area contributed by atoms with Gasteiger partial charge in [0.2, 0.25) is 0 Å². The Bertz CT molecular complexity index is 399. The normalized spacial score (nSPS) is 10.6. The van der Waals surface area contributed by atoms with Crippen LogP contribution in [0.3, 0.4) is 0 Å². The first-order chi connectivity index (χ1) is 7.65. The SMILES string of the molecule is CCCOc1cccc(/C=C/C(=O)O)c1Cl. The molecule has 1 aromatic carbocycles. The topological polar surface area (TPSA) is 46.5 Å². The standard InChI is InChI=1S/C12H13ClO3/c1-2-8-16-10-5-3-4-9(12(10)13)6-7-11(14)15/h3-7H,2,8H2,1H3,(H,14,15)/b7-6+. The molecule has 3 nitrogen and oxygen atoms in total. The summed E-state index contributed by atoms with van der Waals surface area (Å²) in [6.45, 7) is 2.59. The van der Waals surface area contributed by atoms with E-state index in [1.54, 1.807) is 18.2 Å². The lowest BCUT2D eigenvalue weighted by molar-refractivity contribution is -0.131. The maximum Gasteiger partial charge on any atom is 0.328 e. The number of halogens is 1.